The van der Waals surface area contributed by atoms with E-state index in [-0.39, 0.29) is 11.7 Å². The van der Waals surface area contributed by atoms with E-state index in [1.54, 1.807) is 6.92 Å². The normalized spacial score (nSPS) is 9.25. The van der Waals surface area contributed by atoms with Crippen LogP contribution in [0.25, 0.3) is 0 Å². The number of rotatable bonds is 3. The van der Waals surface area contributed by atoms with Gasteiger partial charge in [0.25, 0.3) is 0 Å². The molecule has 0 atom stereocenters. The van der Waals surface area contributed by atoms with Crippen LogP contribution in [-0.2, 0) is 9.59 Å². The molecule has 0 unspecified atom stereocenters. The Morgan fingerprint density at radius 3 is 2.17 bits per heavy atom. The van der Waals surface area contributed by atoms with Crippen molar-refractivity contribution in [2.24, 2.45) is 0 Å². The predicted octanol–water partition coefficient (Wildman–Crippen LogP) is -2.26. The van der Waals surface area contributed by atoms with Crippen molar-refractivity contribution < 1.29 is 20.0 Å². The molecular weight excluding hydrogens is 168 g/mol. The quantitative estimate of drug-likeness (QED) is 0.246. The second-order valence-electron chi connectivity index (χ2n) is 1.70. The summed E-state index contributed by atoms with van der Waals surface area (Å²) in [4.78, 5) is 21.5. The Hall–Kier alpha value is -1.22. The van der Waals surface area contributed by atoms with Crippen molar-refractivity contribution >= 4 is 11.8 Å². The van der Waals surface area contributed by atoms with Crippen LogP contribution in [0.5, 0.6) is 0 Å². The summed E-state index contributed by atoms with van der Waals surface area (Å²) < 4.78 is 0. The van der Waals surface area contributed by atoms with Gasteiger partial charge < -0.3 is 5.32 Å². The topological polar surface area (TPSA) is 114 Å². The largest absolute Gasteiger partial charge is 0.348 e. The van der Waals surface area contributed by atoms with Gasteiger partial charge in [0.1, 0.15) is 0 Å². The predicted molar refractivity (Wildman–Crippen MR) is 35.4 cm³/mol. The summed E-state index contributed by atoms with van der Waals surface area (Å²) in [5.41, 5.74) is 2.51. The highest BCUT2D eigenvalue weighted by Crippen LogP contribution is 1.76. The second kappa shape index (κ2) is 5.43. The van der Waals surface area contributed by atoms with Crippen LogP contribution in [0.3, 0.4) is 0 Å². The van der Waals surface area contributed by atoms with Gasteiger partial charge in [-0.1, -0.05) is 11.2 Å². The molecule has 0 fully saturated rings. The maximum Gasteiger partial charge on any atom is 0.344 e. The van der Waals surface area contributed by atoms with E-state index in [1.807, 2.05) is 0 Å². The van der Waals surface area contributed by atoms with Crippen LogP contribution in [0, 0.1) is 0 Å². The van der Waals surface area contributed by atoms with E-state index < -0.39 is 11.8 Å². The molecule has 0 radical (unpaired) electrons. The number of carbonyl (C=O) groups excluding carboxylic acids is 2. The average molecular weight is 178 g/mol. The summed E-state index contributed by atoms with van der Waals surface area (Å²) >= 11 is 0. The molecule has 0 saturated carbocycles. The Morgan fingerprint density at radius 1 is 1.33 bits per heavy atom. The van der Waals surface area contributed by atoms with Crippen LogP contribution in [0.1, 0.15) is 6.92 Å². The number of nitrogens with zero attached hydrogens (tertiary/aromatic N) is 1. The number of carbonyl (C=O) groups is 2. The van der Waals surface area contributed by atoms with Crippen LogP contribution in [0.15, 0.2) is 0 Å². The third-order valence-electron chi connectivity index (χ3n) is 0.935. The van der Waals surface area contributed by atoms with Gasteiger partial charge in [0, 0.05) is 6.54 Å². The summed E-state index contributed by atoms with van der Waals surface area (Å²) in [6.45, 7) is 1.89. The molecule has 8 heteroatoms. The molecule has 0 aliphatic heterocycles. The molecule has 0 aliphatic rings. The van der Waals surface area contributed by atoms with Crippen LogP contribution >= 0.6 is 0 Å². The van der Waals surface area contributed by atoms with Crippen LogP contribution in [0.2, 0.25) is 0 Å². The van der Waals surface area contributed by atoms with Crippen molar-refractivity contribution in [3.05, 3.63) is 0 Å². The first kappa shape index (κ1) is 10.8. The first-order valence-electron chi connectivity index (χ1n) is 3.09. The molecule has 0 rings (SSSR count). The zero-order chi connectivity index (χ0) is 9.56. The highest BCUT2D eigenvalue weighted by atomic mass is 16.6. The lowest BCUT2D eigenvalue weighted by Crippen LogP contribution is -2.54. The number of hydrogen-bond donors (Lipinski definition) is 5. The smallest absolute Gasteiger partial charge is 0.344 e. The molecule has 0 bridgehead atoms. The molecule has 8 nitrogen and oxygen atoms in total. The molecule has 0 saturated heterocycles. The Labute approximate surface area is 68.0 Å². The zero-order valence-electron chi connectivity index (χ0n) is 6.37. The van der Waals surface area contributed by atoms with E-state index in [2.05, 4.69) is 5.32 Å². The average Bonchev–Trinajstić information content (AvgIpc) is 2.07. The summed E-state index contributed by atoms with van der Waals surface area (Å²) in [6.07, 6.45) is 0. The van der Waals surface area contributed by atoms with E-state index in [4.69, 9.17) is 10.4 Å². The number of amides is 2. The molecule has 0 aromatic heterocycles. The first-order chi connectivity index (χ1) is 5.67. The molecule has 70 valence electrons. The van der Waals surface area contributed by atoms with Gasteiger partial charge in [-0.25, -0.2) is 0 Å². The highest BCUT2D eigenvalue weighted by Gasteiger charge is 2.19. The standard InChI is InChI=1S/C4H10N4O4/c1-2-5-3(9)4(10)8(6-11)7-12/h6-7,11-12H,2H2,1H3,(H,5,9). The first-order valence-corrected chi connectivity index (χ1v) is 3.09. The molecule has 0 aromatic carbocycles. The Kier molecular flexibility index (Phi) is 4.88. The summed E-state index contributed by atoms with van der Waals surface area (Å²) in [6, 6.07) is 0. The molecule has 0 aromatic rings. The van der Waals surface area contributed by atoms with Gasteiger partial charge >= 0.3 is 11.8 Å². The fourth-order valence-corrected chi connectivity index (χ4v) is 0.451. The second-order valence-corrected chi connectivity index (χ2v) is 1.70. The fraction of sp³-hybridized carbons (Fsp3) is 0.500. The number of hydrazine groups is 2. The molecule has 2 amide bonds. The van der Waals surface area contributed by atoms with Gasteiger partial charge in [-0.3, -0.25) is 20.0 Å². The maximum atomic E-state index is 10.8. The maximum absolute atomic E-state index is 10.8. The minimum atomic E-state index is -1.16. The SMILES string of the molecule is CCNC(=O)C(=O)N(NO)NO. The van der Waals surface area contributed by atoms with Crippen molar-refractivity contribution in [2.45, 2.75) is 6.92 Å². The van der Waals surface area contributed by atoms with Crippen molar-refractivity contribution in [3.8, 4) is 0 Å². The summed E-state index contributed by atoms with van der Waals surface area (Å²) in [7, 11) is 0. The minimum absolute atomic E-state index is 0.102. The van der Waals surface area contributed by atoms with Crippen LogP contribution in [-0.4, -0.2) is 33.9 Å². The van der Waals surface area contributed by atoms with E-state index in [0.717, 1.165) is 0 Å². The minimum Gasteiger partial charge on any atom is -0.348 e. The molecule has 5 N–H and O–H groups in total. The number of likely N-dealkylation sites (N-methyl/N-ethyl adjacent to an activating group) is 1. The Bertz CT molecular complexity index is 168. The lowest BCUT2D eigenvalue weighted by atomic mass is 10.5. The van der Waals surface area contributed by atoms with E-state index >= 15 is 0 Å². The number of hydrogen-bond acceptors (Lipinski definition) is 6. The van der Waals surface area contributed by atoms with Crippen LogP contribution < -0.4 is 16.5 Å². The highest BCUT2D eigenvalue weighted by molar-refractivity contribution is 6.34. The zero-order valence-corrected chi connectivity index (χ0v) is 6.37. The fourth-order valence-electron chi connectivity index (χ4n) is 0.451. The lowest BCUT2D eigenvalue weighted by Gasteiger charge is -2.15. The number of nitrogens with one attached hydrogen (secondary N) is 3. The Morgan fingerprint density at radius 2 is 1.83 bits per heavy atom. The van der Waals surface area contributed by atoms with E-state index in [0.29, 0.717) is 0 Å². The van der Waals surface area contributed by atoms with Gasteiger partial charge in [-0.05, 0) is 6.92 Å². The molecule has 0 aliphatic carbocycles. The molecule has 12 heavy (non-hydrogen) atoms. The molecule has 0 spiro atoms. The summed E-state index contributed by atoms with van der Waals surface area (Å²) in [5.74, 6) is -2.12. The lowest BCUT2D eigenvalue weighted by molar-refractivity contribution is -0.178. The van der Waals surface area contributed by atoms with Gasteiger partial charge in [-0.15, -0.1) is 0 Å². The van der Waals surface area contributed by atoms with Gasteiger partial charge in [0.15, 0.2) is 0 Å². The third kappa shape index (κ3) is 2.80. The monoisotopic (exact) mass is 178 g/mol. The van der Waals surface area contributed by atoms with E-state index in [1.165, 1.54) is 11.2 Å². The van der Waals surface area contributed by atoms with Crippen molar-refractivity contribution in [2.75, 3.05) is 6.54 Å². The van der Waals surface area contributed by atoms with Gasteiger partial charge in [0.05, 0.1) is 0 Å². The van der Waals surface area contributed by atoms with Gasteiger partial charge in [-0.2, -0.15) is 5.12 Å². The Balaban J connectivity index is 4.07. The molecule has 0 heterocycles. The van der Waals surface area contributed by atoms with Gasteiger partial charge in [0.2, 0.25) is 0 Å². The van der Waals surface area contributed by atoms with Crippen molar-refractivity contribution in [3.63, 3.8) is 0 Å². The van der Waals surface area contributed by atoms with Crippen LogP contribution in [0.4, 0.5) is 0 Å². The van der Waals surface area contributed by atoms with Crippen molar-refractivity contribution in [1.82, 2.24) is 21.6 Å². The van der Waals surface area contributed by atoms with E-state index in [9.17, 15) is 9.59 Å². The molecular formula is C4H10N4O4. The third-order valence-corrected chi connectivity index (χ3v) is 0.935. The van der Waals surface area contributed by atoms with Crippen molar-refractivity contribution in [1.29, 1.82) is 0 Å². The summed E-state index contributed by atoms with van der Waals surface area (Å²) in [5, 5.41) is 18.6.